The summed E-state index contributed by atoms with van der Waals surface area (Å²) in [5.74, 6) is -2.48. The Morgan fingerprint density at radius 1 is 0.548 bits per heavy atom. The molecule has 6 rings (SSSR count). The van der Waals surface area contributed by atoms with Gasteiger partial charge >= 0.3 is 12.2 Å². The molecule has 2 unspecified atom stereocenters. The number of nitrogens with zero attached hydrogens (tertiary/aromatic N) is 4. The number of phenols is 1. The standard InChI is InChI=1S/C25H34N2O9.C19H22N2O6.C6H13BrO3/c1-24(2,3)36-23(32)27-20(29)8-9-25(22(27)31)16-21(30)26(17-25)18-4-6-19(7-5-18)35-15-14-34-13-12-33-11-10-28;1-18(2,3)27-17(26)21-14(23)8-9-19(16(21)25)10-15(24)20(11-19)12-4-6-13(22)7-5-12;7-1-3-9-5-6-10-4-2-8/h4-7,28H,8-17H2,1-3H3;4-7,22H,8-11H2,1-3H3;8H,1-6H2. The largest absolute Gasteiger partial charge is 0.508 e. The smallest absolute Gasteiger partial charge is 0.424 e. The van der Waals surface area contributed by atoms with E-state index in [1.54, 1.807) is 77.9 Å². The van der Waals surface area contributed by atoms with E-state index in [9.17, 15) is 43.5 Å². The molecule has 8 amide bonds. The first-order valence-electron chi connectivity index (χ1n) is 23.9. The number of hydrogen-bond donors (Lipinski definition) is 3. The highest BCUT2D eigenvalue weighted by atomic mass is 79.9. The number of benzene rings is 2. The number of imide groups is 6. The molecule has 22 nitrogen and oxygen atoms in total. The van der Waals surface area contributed by atoms with Crippen LogP contribution >= 0.6 is 15.9 Å². The molecule has 2 aromatic rings. The lowest BCUT2D eigenvalue weighted by Crippen LogP contribution is -2.55. The van der Waals surface area contributed by atoms with Crippen molar-refractivity contribution in [1.82, 2.24) is 9.80 Å². The van der Waals surface area contributed by atoms with Crippen molar-refractivity contribution in [3.63, 3.8) is 0 Å². The van der Waals surface area contributed by atoms with Gasteiger partial charge in [0.25, 0.3) is 0 Å². The molecule has 404 valence electrons. The van der Waals surface area contributed by atoms with E-state index in [2.05, 4.69) is 15.9 Å². The highest BCUT2D eigenvalue weighted by molar-refractivity contribution is 9.09. The average Bonchev–Trinajstić information content (AvgIpc) is 3.85. The number of anilines is 2. The van der Waals surface area contributed by atoms with Gasteiger partial charge in [-0.05, 0) is 103 Å². The van der Waals surface area contributed by atoms with Crippen molar-refractivity contribution in [1.29, 1.82) is 0 Å². The van der Waals surface area contributed by atoms with Crippen molar-refractivity contribution in [3.8, 4) is 11.5 Å². The van der Waals surface area contributed by atoms with Gasteiger partial charge in [-0.3, -0.25) is 28.8 Å². The van der Waals surface area contributed by atoms with Gasteiger partial charge in [-0.25, -0.2) is 9.59 Å². The number of phenolic OH excluding ortho intramolecular Hbond substituents is 1. The van der Waals surface area contributed by atoms with Gasteiger partial charge in [0, 0.05) is 55.5 Å². The van der Waals surface area contributed by atoms with Crippen molar-refractivity contribution < 1.29 is 86.8 Å². The molecule has 0 saturated carbocycles. The zero-order chi connectivity index (χ0) is 54.0. The molecule has 4 aliphatic heterocycles. The number of aliphatic hydroxyl groups is 2. The lowest BCUT2D eigenvalue weighted by atomic mass is 9.78. The van der Waals surface area contributed by atoms with Crippen LogP contribution in [0.4, 0.5) is 21.0 Å². The maximum Gasteiger partial charge on any atom is 0.424 e. The summed E-state index contributed by atoms with van der Waals surface area (Å²) >= 11 is 3.23. The zero-order valence-electron chi connectivity index (χ0n) is 42.4. The van der Waals surface area contributed by atoms with Crippen LogP contribution in [-0.2, 0) is 57.2 Å². The van der Waals surface area contributed by atoms with Gasteiger partial charge in [-0.1, -0.05) is 15.9 Å². The number of rotatable bonds is 18. The molecule has 2 spiro atoms. The number of alkyl halides is 1. The number of amides is 8. The number of hydrogen-bond acceptors (Lipinski definition) is 18. The molecule has 2 atom stereocenters. The maximum absolute atomic E-state index is 13.3. The van der Waals surface area contributed by atoms with Crippen molar-refractivity contribution >= 4 is 74.9 Å². The fourth-order valence-electron chi connectivity index (χ4n) is 7.97. The molecule has 73 heavy (non-hydrogen) atoms. The van der Waals surface area contributed by atoms with Crippen LogP contribution in [0, 0.1) is 10.8 Å². The van der Waals surface area contributed by atoms with Crippen LogP contribution in [0.15, 0.2) is 48.5 Å². The first kappa shape index (κ1) is 60.0. The lowest BCUT2D eigenvalue weighted by Gasteiger charge is -2.36. The Morgan fingerprint density at radius 2 is 0.918 bits per heavy atom. The molecular formula is C50H69BrN4O18. The summed E-state index contributed by atoms with van der Waals surface area (Å²) in [5, 5.41) is 27.2. The van der Waals surface area contributed by atoms with Crippen LogP contribution in [0.25, 0.3) is 0 Å². The van der Waals surface area contributed by atoms with Crippen LogP contribution in [0.2, 0.25) is 0 Å². The van der Waals surface area contributed by atoms with Crippen molar-refractivity contribution in [2.75, 3.05) is 101 Å². The molecule has 4 aliphatic rings. The summed E-state index contributed by atoms with van der Waals surface area (Å²) in [6.45, 7) is 14.1. The number of piperidine rings is 2. The summed E-state index contributed by atoms with van der Waals surface area (Å²) < 4.78 is 36.6. The number of carbonyl (C=O) groups is 8. The van der Waals surface area contributed by atoms with Gasteiger partial charge in [0.05, 0.1) is 76.9 Å². The molecule has 2 aromatic carbocycles. The van der Waals surface area contributed by atoms with Crippen LogP contribution in [0.3, 0.4) is 0 Å². The maximum atomic E-state index is 13.3. The Morgan fingerprint density at radius 3 is 1.30 bits per heavy atom. The second kappa shape index (κ2) is 27.7. The second-order valence-corrected chi connectivity index (χ2v) is 20.1. The van der Waals surface area contributed by atoms with E-state index in [1.165, 1.54) is 21.9 Å². The Hall–Kier alpha value is -5.56. The fraction of sp³-hybridized carbons (Fsp3) is 0.600. The van der Waals surface area contributed by atoms with Gasteiger partial charge in [0.2, 0.25) is 35.4 Å². The molecule has 23 heteroatoms. The Balaban J connectivity index is 0.000000274. The highest BCUT2D eigenvalue weighted by Gasteiger charge is 2.58. The zero-order valence-corrected chi connectivity index (χ0v) is 44.0. The minimum Gasteiger partial charge on any atom is -0.508 e. The molecule has 4 saturated heterocycles. The normalized spacial score (nSPS) is 20.1. The molecule has 0 bridgehead atoms. The predicted molar refractivity (Wildman–Crippen MR) is 265 cm³/mol. The number of likely N-dealkylation sites (tertiary alicyclic amines) is 2. The molecular weight excluding hydrogens is 1020 g/mol. The van der Waals surface area contributed by atoms with Crippen molar-refractivity contribution in [2.45, 2.75) is 91.3 Å². The van der Waals surface area contributed by atoms with Crippen LogP contribution in [0.1, 0.15) is 80.1 Å². The third-order valence-corrected chi connectivity index (χ3v) is 11.7. The fourth-order valence-corrected chi connectivity index (χ4v) is 8.20. The highest BCUT2D eigenvalue weighted by Crippen LogP contribution is 2.45. The minimum atomic E-state index is -1.16. The predicted octanol–water partition coefficient (Wildman–Crippen LogP) is 4.50. The third kappa shape index (κ3) is 17.5. The Bertz CT molecular complexity index is 2210. The summed E-state index contributed by atoms with van der Waals surface area (Å²) in [4.78, 5) is 105. The number of aromatic hydroxyl groups is 1. The number of carbonyl (C=O) groups excluding carboxylic acids is 8. The van der Waals surface area contributed by atoms with Crippen LogP contribution in [-0.4, -0.2) is 175 Å². The van der Waals surface area contributed by atoms with Gasteiger partial charge in [-0.2, -0.15) is 9.80 Å². The van der Waals surface area contributed by atoms with Crippen molar-refractivity contribution in [3.05, 3.63) is 48.5 Å². The lowest BCUT2D eigenvalue weighted by molar-refractivity contribution is -0.157. The molecule has 0 aliphatic carbocycles. The second-order valence-electron chi connectivity index (χ2n) is 19.3. The SMILES string of the molecule is CC(C)(C)OC(=O)N1C(=O)CCC2(CC(=O)N(c3ccc(O)cc3)C2)C1=O.CC(C)(C)OC(=O)N1C(=O)CCC2(CC(=O)N(c3ccc(OCCOCCOCCO)cc3)C2)C1=O.OCCOCCOCCBr. The van der Waals surface area contributed by atoms with Crippen LogP contribution < -0.4 is 14.5 Å². The molecule has 0 aromatic heterocycles. The average molecular weight is 1090 g/mol. The molecule has 4 heterocycles. The van der Waals surface area contributed by atoms with E-state index in [-0.39, 0.29) is 89.0 Å². The number of aliphatic hydroxyl groups excluding tert-OH is 2. The van der Waals surface area contributed by atoms with E-state index in [0.717, 1.165) is 5.33 Å². The summed E-state index contributed by atoms with van der Waals surface area (Å²) in [5.41, 5.74) is -2.89. The number of ether oxygens (including phenoxy) is 7. The quantitative estimate of drug-likeness (QED) is 0.105. The topological polar surface area (TPSA) is 275 Å². The Kier molecular flexibility index (Phi) is 22.7. The molecule has 4 fully saturated rings. The van der Waals surface area contributed by atoms with Gasteiger partial charge in [0.15, 0.2) is 0 Å². The van der Waals surface area contributed by atoms with Gasteiger partial charge in [-0.15, -0.1) is 0 Å². The molecule has 3 N–H and O–H groups in total. The van der Waals surface area contributed by atoms with E-state index < -0.39 is 57.8 Å². The summed E-state index contributed by atoms with van der Waals surface area (Å²) in [6.07, 6.45) is -1.83. The third-order valence-electron chi connectivity index (χ3n) is 11.3. The van der Waals surface area contributed by atoms with Gasteiger partial charge in [0.1, 0.15) is 29.3 Å². The van der Waals surface area contributed by atoms with E-state index in [1.807, 2.05) is 0 Å². The van der Waals surface area contributed by atoms with E-state index in [4.69, 9.17) is 43.4 Å². The first-order chi connectivity index (χ1) is 34.5. The van der Waals surface area contributed by atoms with Crippen molar-refractivity contribution in [2.24, 2.45) is 10.8 Å². The van der Waals surface area contributed by atoms with Gasteiger partial charge < -0.3 is 58.3 Å². The Labute approximate surface area is 433 Å². The first-order valence-corrected chi connectivity index (χ1v) is 25.0. The van der Waals surface area contributed by atoms with E-state index >= 15 is 0 Å². The monoisotopic (exact) mass is 1090 g/mol. The van der Waals surface area contributed by atoms with E-state index in [0.29, 0.717) is 79.8 Å². The summed E-state index contributed by atoms with van der Waals surface area (Å²) in [6, 6.07) is 12.9. The minimum absolute atomic E-state index is 0.0122. The molecule has 0 radical (unpaired) electrons. The summed E-state index contributed by atoms with van der Waals surface area (Å²) in [7, 11) is 0. The number of halogens is 1. The van der Waals surface area contributed by atoms with Crippen LogP contribution in [0.5, 0.6) is 11.5 Å².